The Hall–Kier alpha value is -0.740. The van der Waals surface area contributed by atoms with Gasteiger partial charge < -0.3 is 19.2 Å². The molecule has 0 heterocycles. The summed E-state index contributed by atoms with van der Waals surface area (Å²) >= 11 is 0. The molecule has 0 aliphatic rings. The van der Waals surface area contributed by atoms with E-state index in [0.717, 1.165) is 6.08 Å². The summed E-state index contributed by atoms with van der Waals surface area (Å²) in [6.07, 6.45) is 0.687. The molecule has 86 valence electrons. The number of carbonyl (C=O) groups is 1. The van der Waals surface area contributed by atoms with Gasteiger partial charge in [0.05, 0.1) is 21.1 Å². The van der Waals surface area contributed by atoms with Crippen LogP contribution < -0.4 is 4.89 Å². The minimum absolute atomic E-state index is 0.144. The van der Waals surface area contributed by atoms with Crippen LogP contribution in [0.2, 0.25) is 0 Å². The number of aliphatic hydroxyl groups is 1. The lowest BCUT2D eigenvalue weighted by Gasteiger charge is -2.21. The van der Waals surface area contributed by atoms with Crippen LogP contribution in [0.15, 0.2) is 12.7 Å². The molecule has 0 aromatic heterocycles. The minimum atomic E-state index is -2.03. The number of aliphatic hydroxyl groups excluding tert-OH is 1. The van der Waals surface area contributed by atoms with Crippen molar-refractivity contribution in [2.24, 2.45) is 0 Å². The Labute approximate surface area is 90.6 Å². The molecular weight excluding hydrogens is 217 g/mol. The topological polar surface area (TPSA) is 69.6 Å². The number of rotatable bonds is 5. The van der Waals surface area contributed by atoms with Gasteiger partial charge in [-0.05, 0) is 0 Å². The molecule has 0 saturated heterocycles. The van der Waals surface area contributed by atoms with Crippen LogP contribution >= 0.6 is 7.77 Å². The molecule has 0 aromatic carbocycles. The van der Waals surface area contributed by atoms with E-state index in [1.807, 2.05) is 21.1 Å². The van der Waals surface area contributed by atoms with Crippen molar-refractivity contribution >= 4 is 19.2 Å². The van der Waals surface area contributed by atoms with Gasteiger partial charge in [0.25, 0.3) is 5.48 Å². The third-order valence-corrected chi connectivity index (χ3v) is 2.48. The van der Waals surface area contributed by atoms with Gasteiger partial charge >= 0.3 is 5.97 Å². The van der Waals surface area contributed by atoms with Crippen LogP contribution in [0.3, 0.4) is 0 Å². The summed E-state index contributed by atoms with van der Waals surface area (Å²) in [5.41, 5.74) is -0.144. The van der Waals surface area contributed by atoms with E-state index in [2.05, 4.69) is 11.3 Å². The first-order chi connectivity index (χ1) is 6.76. The predicted molar refractivity (Wildman–Crippen MR) is 57.9 cm³/mol. The lowest BCUT2D eigenvalue weighted by Crippen LogP contribution is -2.39. The molecular formula is C9H17NO4P+. The average Bonchev–Trinajstić information content (AvgIpc) is 2.10. The minimum Gasteiger partial charge on any atom is -0.626 e. The van der Waals surface area contributed by atoms with Crippen LogP contribution in [-0.4, -0.2) is 55.1 Å². The molecule has 15 heavy (non-hydrogen) atoms. The lowest BCUT2D eigenvalue weighted by atomic mass is 10.5. The number of ether oxygens (including phenoxy) is 1. The molecule has 1 N–H and O–H groups in total. The highest BCUT2D eigenvalue weighted by atomic mass is 31.1. The highest BCUT2D eigenvalue weighted by Gasteiger charge is 2.17. The van der Waals surface area contributed by atoms with Gasteiger partial charge in [0.15, 0.2) is 6.54 Å². The number of quaternary nitrogens is 1. The average molecular weight is 234 g/mol. The standard InChI is InChI=1S/C9H16NO4P/c1-5-8(11)14-7-15(13)9(12)6-10(2,3)4/h5H,1,6-7H2,2-4H3/p+1. The van der Waals surface area contributed by atoms with Crippen molar-refractivity contribution in [2.45, 2.75) is 0 Å². The Kier molecular flexibility index (Phi) is 5.68. The lowest BCUT2D eigenvalue weighted by molar-refractivity contribution is -0.861. The Balaban J connectivity index is 4.27. The van der Waals surface area contributed by atoms with Gasteiger partial charge in [-0.2, -0.15) is 0 Å². The number of likely N-dealkylation sites (N-methyl/N-ethyl adjacent to an activating group) is 1. The quantitative estimate of drug-likeness (QED) is 0.305. The Morgan fingerprint density at radius 3 is 2.53 bits per heavy atom. The van der Waals surface area contributed by atoms with Crippen molar-refractivity contribution < 1.29 is 24.0 Å². The van der Waals surface area contributed by atoms with Crippen LogP contribution in [0.5, 0.6) is 0 Å². The van der Waals surface area contributed by atoms with Crippen LogP contribution in [-0.2, 0) is 9.53 Å². The van der Waals surface area contributed by atoms with Crippen LogP contribution in [0.1, 0.15) is 0 Å². The molecule has 6 heteroatoms. The van der Waals surface area contributed by atoms with E-state index < -0.39 is 13.7 Å². The zero-order valence-electron chi connectivity index (χ0n) is 9.27. The van der Waals surface area contributed by atoms with E-state index in [4.69, 9.17) is 0 Å². The smallest absolute Gasteiger partial charge is 0.333 e. The van der Waals surface area contributed by atoms with E-state index in [1.54, 1.807) is 0 Å². The monoisotopic (exact) mass is 234 g/mol. The van der Waals surface area contributed by atoms with Gasteiger partial charge in [-0.3, -0.25) is 0 Å². The van der Waals surface area contributed by atoms with Gasteiger partial charge in [0.2, 0.25) is 6.35 Å². The van der Waals surface area contributed by atoms with Gasteiger partial charge in [0.1, 0.15) is 7.77 Å². The van der Waals surface area contributed by atoms with Crippen LogP contribution in [0.25, 0.3) is 0 Å². The van der Waals surface area contributed by atoms with Crippen molar-refractivity contribution in [3.05, 3.63) is 12.7 Å². The number of hydrogen-bond donors (Lipinski definition) is 1. The van der Waals surface area contributed by atoms with Crippen LogP contribution in [0.4, 0.5) is 0 Å². The molecule has 0 rings (SSSR count). The molecule has 0 aromatic rings. The summed E-state index contributed by atoms with van der Waals surface area (Å²) in [5, 5.41) is 9.44. The van der Waals surface area contributed by atoms with Crippen molar-refractivity contribution in [3.8, 4) is 0 Å². The molecule has 1 unspecified atom stereocenters. The molecule has 0 aliphatic carbocycles. The van der Waals surface area contributed by atoms with E-state index >= 15 is 0 Å². The van der Waals surface area contributed by atoms with E-state index in [9.17, 15) is 14.8 Å². The van der Waals surface area contributed by atoms with E-state index in [-0.39, 0.29) is 18.4 Å². The SMILES string of the molecule is C=CC(=O)OC[P+]([O-])=C(O)C[N+](C)(C)C. The molecule has 0 fully saturated rings. The second-order valence-corrected chi connectivity index (χ2v) is 5.57. The van der Waals surface area contributed by atoms with Crippen LogP contribution in [0, 0.1) is 0 Å². The second kappa shape index (κ2) is 5.98. The summed E-state index contributed by atoms with van der Waals surface area (Å²) in [7, 11) is 3.54. The number of carbonyl (C=O) groups excluding carboxylic acids is 1. The highest BCUT2D eigenvalue weighted by molar-refractivity contribution is 7.51. The fourth-order valence-corrected chi connectivity index (χ4v) is 1.73. The third kappa shape index (κ3) is 7.22. The molecule has 0 spiro atoms. The van der Waals surface area contributed by atoms with Crippen molar-refractivity contribution in [1.82, 2.24) is 0 Å². The molecule has 0 amide bonds. The first-order valence-electron chi connectivity index (χ1n) is 4.35. The Bertz CT molecular complexity index is 280. The summed E-state index contributed by atoms with van der Waals surface area (Å²) in [6.45, 7) is 3.47. The fourth-order valence-electron chi connectivity index (χ4n) is 0.759. The Morgan fingerprint density at radius 2 is 2.13 bits per heavy atom. The molecule has 1 atom stereocenters. The number of esters is 1. The first kappa shape index (κ1) is 14.3. The first-order valence-corrected chi connectivity index (χ1v) is 5.80. The van der Waals surface area contributed by atoms with E-state index in [0.29, 0.717) is 4.48 Å². The highest BCUT2D eigenvalue weighted by Crippen LogP contribution is 2.14. The van der Waals surface area contributed by atoms with Crippen molar-refractivity contribution in [1.29, 1.82) is 0 Å². The Morgan fingerprint density at radius 1 is 1.60 bits per heavy atom. The zero-order valence-corrected chi connectivity index (χ0v) is 10.2. The van der Waals surface area contributed by atoms with E-state index in [1.165, 1.54) is 0 Å². The summed E-state index contributed by atoms with van der Waals surface area (Å²) in [5.74, 6) is -0.642. The zero-order chi connectivity index (χ0) is 12.1. The van der Waals surface area contributed by atoms with Crippen molar-refractivity contribution in [3.63, 3.8) is 0 Å². The molecule has 0 saturated carbocycles. The van der Waals surface area contributed by atoms with Crippen molar-refractivity contribution in [2.75, 3.05) is 34.0 Å². The van der Waals surface area contributed by atoms with Gasteiger partial charge in [-0.1, -0.05) is 6.58 Å². The summed E-state index contributed by atoms with van der Waals surface area (Å²) in [4.78, 5) is 22.0. The fraction of sp³-hybridized carbons (Fsp3) is 0.556. The number of hydrogen-bond acceptors (Lipinski definition) is 3. The molecule has 0 bridgehead atoms. The maximum atomic E-state index is 11.4. The molecule has 5 nitrogen and oxygen atoms in total. The predicted octanol–water partition coefficient (Wildman–Crippen LogP) is -0.361. The third-order valence-electron chi connectivity index (χ3n) is 1.39. The second-order valence-electron chi connectivity index (χ2n) is 4.04. The molecule has 0 aliphatic heterocycles. The van der Waals surface area contributed by atoms with Gasteiger partial charge in [-0.25, -0.2) is 4.79 Å². The summed E-state index contributed by atoms with van der Waals surface area (Å²) < 4.78 is 5.02. The maximum absolute atomic E-state index is 11.4. The largest absolute Gasteiger partial charge is 0.626 e. The summed E-state index contributed by atoms with van der Waals surface area (Å²) in [6, 6.07) is 0. The maximum Gasteiger partial charge on any atom is 0.333 e. The van der Waals surface area contributed by atoms with Gasteiger partial charge in [-0.15, -0.1) is 0 Å². The normalized spacial score (nSPS) is 13.1. The van der Waals surface area contributed by atoms with Gasteiger partial charge in [0, 0.05) is 6.08 Å². The molecule has 0 radical (unpaired) electrons. The number of nitrogens with zero attached hydrogens (tertiary/aromatic N) is 1.